The van der Waals surface area contributed by atoms with Gasteiger partial charge < -0.3 is 9.80 Å². The third-order valence-corrected chi connectivity index (χ3v) is 5.93. The van der Waals surface area contributed by atoms with E-state index in [1.807, 2.05) is 12.3 Å². The number of carbonyl (C=O) groups is 1. The maximum absolute atomic E-state index is 13.2. The van der Waals surface area contributed by atoms with Gasteiger partial charge in [0.05, 0.1) is 17.0 Å². The fraction of sp³-hybridized carbons (Fsp3) is 0.261. The molecule has 0 aliphatic carbocycles. The Morgan fingerprint density at radius 2 is 1.84 bits per heavy atom. The molecular formula is C23H20FN5O3. The number of halogens is 1. The highest BCUT2D eigenvalue weighted by atomic mass is 19.1. The maximum atomic E-state index is 13.2. The smallest absolute Gasteiger partial charge is 0.291 e. The zero-order valence-corrected chi connectivity index (χ0v) is 17.2. The third kappa shape index (κ3) is 3.77. The Bertz CT molecular complexity index is 1210. The summed E-state index contributed by atoms with van der Waals surface area (Å²) in [6.07, 6.45) is 2.78. The Hall–Kier alpha value is -3.88. The summed E-state index contributed by atoms with van der Waals surface area (Å²) in [5.41, 5.74) is 3.00. The molecule has 1 aromatic carbocycles. The highest BCUT2D eigenvalue weighted by Crippen LogP contribution is 2.29. The molecule has 0 unspecified atom stereocenters. The van der Waals surface area contributed by atoms with Gasteiger partial charge in [0.1, 0.15) is 17.3 Å². The minimum absolute atomic E-state index is 0.0946. The lowest BCUT2D eigenvalue weighted by Crippen LogP contribution is -2.37. The number of nitro groups is 1. The number of carbonyl (C=O) groups excluding carboxylic acids is 1. The Morgan fingerprint density at radius 1 is 1.09 bits per heavy atom. The maximum Gasteiger partial charge on any atom is 0.291 e. The molecule has 162 valence electrons. The van der Waals surface area contributed by atoms with Crippen molar-refractivity contribution >= 4 is 17.4 Å². The average Bonchev–Trinajstić information content (AvgIpc) is 3.16. The predicted octanol–water partition coefficient (Wildman–Crippen LogP) is 3.49. The van der Waals surface area contributed by atoms with Crippen LogP contribution in [-0.4, -0.2) is 38.8 Å². The van der Waals surface area contributed by atoms with Gasteiger partial charge >= 0.3 is 0 Å². The van der Waals surface area contributed by atoms with Crippen molar-refractivity contribution in [3.05, 3.63) is 81.4 Å². The van der Waals surface area contributed by atoms with Crippen LogP contribution in [0.3, 0.4) is 0 Å². The molecule has 2 aromatic heterocycles. The Balaban J connectivity index is 1.36. The van der Waals surface area contributed by atoms with Crippen molar-refractivity contribution in [2.75, 3.05) is 18.0 Å². The molecule has 0 N–H and O–H groups in total. The lowest BCUT2D eigenvalue weighted by Gasteiger charge is -2.32. The number of benzene rings is 1. The number of anilines is 1. The van der Waals surface area contributed by atoms with Crippen molar-refractivity contribution in [1.82, 2.24) is 14.9 Å². The van der Waals surface area contributed by atoms with E-state index in [1.54, 1.807) is 17.0 Å². The Kier molecular flexibility index (Phi) is 5.01. The molecule has 4 heterocycles. The van der Waals surface area contributed by atoms with Crippen LogP contribution in [0.4, 0.5) is 15.9 Å². The summed E-state index contributed by atoms with van der Waals surface area (Å²) >= 11 is 0. The highest BCUT2D eigenvalue weighted by molar-refractivity contribution is 5.80. The molecule has 2 aliphatic heterocycles. The molecule has 0 bridgehead atoms. The van der Waals surface area contributed by atoms with Gasteiger partial charge in [0, 0.05) is 44.0 Å². The second kappa shape index (κ2) is 7.99. The second-order valence-corrected chi connectivity index (χ2v) is 8.00. The molecular weight excluding hydrogens is 413 g/mol. The first-order valence-electron chi connectivity index (χ1n) is 10.4. The molecule has 0 saturated carbocycles. The highest BCUT2D eigenvalue weighted by Gasteiger charge is 2.28. The summed E-state index contributed by atoms with van der Waals surface area (Å²) in [4.78, 5) is 36.7. The summed E-state index contributed by atoms with van der Waals surface area (Å²) in [6, 6.07) is 10.6. The lowest BCUT2D eigenvalue weighted by molar-refractivity contribution is -0.385. The average molecular weight is 433 g/mol. The summed E-state index contributed by atoms with van der Waals surface area (Å²) in [6.45, 7) is 2.86. The zero-order valence-electron chi connectivity index (χ0n) is 17.2. The van der Waals surface area contributed by atoms with Crippen LogP contribution in [0.1, 0.15) is 23.2 Å². The second-order valence-electron chi connectivity index (χ2n) is 8.00. The van der Waals surface area contributed by atoms with Crippen LogP contribution in [0.2, 0.25) is 0 Å². The quantitative estimate of drug-likeness (QED) is 0.452. The van der Waals surface area contributed by atoms with Gasteiger partial charge in [-0.2, -0.15) is 0 Å². The van der Waals surface area contributed by atoms with Crippen molar-refractivity contribution in [2.24, 2.45) is 0 Å². The molecule has 2 aliphatic rings. The molecule has 32 heavy (non-hydrogen) atoms. The van der Waals surface area contributed by atoms with E-state index in [-0.39, 0.29) is 29.5 Å². The molecule has 0 atom stereocenters. The fourth-order valence-corrected chi connectivity index (χ4v) is 3.99. The first-order chi connectivity index (χ1) is 15.5. The lowest BCUT2D eigenvalue weighted by atomic mass is 10.1. The molecule has 1 amide bonds. The van der Waals surface area contributed by atoms with E-state index in [9.17, 15) is 19.3 Å². The van der Waals surface area contributed by atoms with Crippen molar-refractivity contribution in [3.8, 4) is 11.3 Å². The van der Waals surface area contributed by atoms with E-state index in [1.165, 1.54) is 24.3 Å². The molecule has 0 radical (unpaired) electrons. The summed E-state index contributed by atoms with van der Waals surface area (Å²) in [5.74, 6) is 0.304. The van der Waals surface area contributed by atoms with Crippen LogP contribution in [0, 0.1) is 15.9 Å². The standard InChI is InChI=1S/C23H20FN5O3/c24-18-4-2-15(3-5-18)19-6-7-21(29(31)32)20(26-19)11-23(30)28-13-16-10-22(27-8-1-9-27)25-12-17(16)14-28/h2-7,10,12H,1,8-9,11,13-14H2. The van der Waals surface area contributed by atoms with E-state index in [0.717, 1.165) is 36.5 Å². The normalized spacial score (nSPS) is 14.8. The first kappa shape index (κ1) is 20.0. The molecule has 5 rings (SSSR count). The van der Waals surface area contributed by atoms with Gasteiger partial charge in [-0.15, -0.1) is 0 Å². The van der Waals surface area contributed by atoms with Crippen LogP contribution < -0.4 is 4.90 Å². The number of amides is 1. The predicted molar refractivity (Wildman–Crippen MR) is 115 cm³/mol. The zero-order chi connectivity index (χ0) is 22.2. The molecule has 3 aromatic rings. The summed E-state index contributed by atoms with van der Waals surface area (Å²) < 4.78 is 13.2. The Morgan fingerprint density at radius 3 is 2.53 bits per heavy atom. The van der Waals surface area contributed by atoms with Gasteiger partial charge in [0.15, 0.2) is 0 Å². The number of fused-ring (bicyclic) bond motifs is 1. The minimum atomic E-state index is -0.536. The van der Waals surface area contributed by atoms with Crippen LogP contribution in [0.5, 0.6) is 0 Å². The van der Waals surface area contributed by atoms with Crippen LogP contribution >= 0.6 is 0 Å². The topological polar surface area (TPSA) is 92.5 Å². The van der Waals surface area contributed by atoms with E-state index < -0.39 is 4.92 Å². The van der Waals surface area contributed by atoms with Crippen LogP contribution in [0.15, 0.2) is 48.7 Å². The number of nitrogens with zero attached hydrogens (tertiary/aromatic N) is 5. The fourth-order valence-electron chi connectivity index (χ4n) is 3.99. The summed E-state index contributed by atoms with van der Waals surface area (Å²) in [5, 5.41) is 11.5. The SMILES string of the molecule is O=C(Cc1nc(-c2ccc(F)cc2)ccc1[N+](=O)[O-])N1Cc2cnc(N3CCC3)cc2C1. The van der Waals surface area contributed by atoms with Crippen LogP contribution in [0.25, 0.3) is 11.3 Å². The van der Waals surface area contributed by atoms with E-state index in [0.29, 0.717) is 24.3 Å². The van der Waals surface area contributed by atoms with E-state index in [2.05, 4.69) is 14.9 Å². The Labute approximate surface area is 183 Å². The molecule has 8 nitrogen and oxygen atoms in total. The monoisotopic (exact) mass is 433 g/mol. The number of pyridine rings is 2. The van der Waals surface area contributed by atoms with Gasteiger partial charge in [0.2, 0.25) is 5.91 Å². The molecule has 9 heteroatoms. The van der Waals surface area contributed by atoms with Crippen molar-refractivity contribution in [2.45, 2.75) is 25.9 Å². The number of rotatable bonds is 5. The van der Waals surface area contributed by atoms with Gasteiger partial charge in [-0.3, -0.25) is 14.9 Å². The van der Waals surface area contributed by atoms with Crippen molar-refractivity contribution in [3.63, 3.8) is 0 Å². The number of hydrogen-bond acceptors (Lipinski definition) is 6. The van der Waals surface area contributed by atoms with Crippen molar-refractivity contribution in [1.29, 1.82) is 0 Å². The van der Waals surface area contributed by atoms with E-state index in [4.69, 9.17) is 0 Å². The third-order valence-electron chi connectivity index (χ3n) is 5.93. The minimum Gasteiger partial charge on any atom is -0.356 e. The molecule has 1 saturated heterocycles. The first-order valence-corrected chi connectivity index (χ1v) is 10.4. The van der Waals surface area contributed by atoms with Gasteiger partial charge in [-0.05, 0) is 53.9 Å². The molecule has 1 fully saturated rings. The van der Waals surface area contributed by atoms with Gasteiger partial charge in [-0.1, -0.05) is 0 Å². The van der Waals surface area contributed by atoms with Gasteiger partial charge in [0.25, 0.3) is 5.69 Å². The van der Waals surface area contributed by atoms with Crippen molar-refractivity contribution < 1.29 is 14.1 Å². The molecule has 0 spiro atoms. The van der Waals surface area contributed by atoms with Crippen LogP contribution in [-0.2, 0) is 24.3 Å². The van der Waals surface area contributed by atoms with Gasteiger partial charge in [-0.25, -0.2) is 14.4 Å². The largest absolute Gasteiger partial charge is 0.356 e. The van der Waals surface area contributed by atoms with E-state index >= 15 is 0 Å². The summed E-state index contributed by atoms with van der Waals surface area (Å²) in [7, 11) is 0. The number of hydrogen-bond donors (Lipinski definition) is 0. The number of aromatic nitrogens is 2.